The number of benzene rings is 2. The highest BCUT2D eigenvalue weighted by Gasteiger charge is 2.34. The lowest BCUT2D eigenvalue weighted by Crippen LogP contribution is -2.41. The molecule has 2 aromatic rings. The molecular weight excluding hydrogens is 368 g/mol. The highest BCUT2D eigenvalue weighted by Crippen LogP contribution is 2.26. The van der Waals surface area contributed by atoms with E-state index >= 15 is 0 Å². The summed E-state index contributed by atoms with van der Waals surface area (Å²) in [6.07, 6.45) is 0.764. The zero-order chi connectivity index (χ0) is 19.4. The highest BCUT2D eigenvalue weighted by molar-refractivity contribution is 7.89. The fourth-order valence-corrected chi connectivity index (χ4v) is 4.79. The van der Waals surface area contributed by atoms with Crippen LogP contribution in [0.3, 0.4) is 0 Å². The fourth-order valence-electron chi connectivity index (χ4n) is 3.13. The first-order chi connectivity index (χ1) is 12.9. The van der Waals surface area contributed by atoms with Crippen LogP contribution in [0.15, 0.2) is 59.5 Å². The topological polar surface area (TPSA) is 104 Å². The number of amides is 1. The van der Waals surface area contributed by atoms with Crippen LogP contribution in [0.25, 0.3) is 0 Å². The Labute approximate surface area is 157 Å². The second-order valence-corrected chi connectivity index (χ2v) is 8.24. The van der Waals surface area contributed by atoms with Gasteiger partial charge in [0.05, 0.1) is 10.5 Å². The molecular formula is C19H20N2O5S. The van der Waals surface area contributed by atoms with Crippen LogP contribution in [-0.2, 0) is 14.8 Å². The number of sulfonamides is 1. The second kappa shape index (κ2) is 7.89. The van der Waals surface area contributed by atoms with Gasteiger partial charge < -0.3 is 10.4 Å². The van der Waals surface area contributed by atoms with E-state index in [0.717, 1.165) is 0 Å². The van der Waals surface area contributed by atoms with Gasteiger partial charge in [-0.2, -0.15) is 4.31 Å². The molecule has 1 fully saturated rings. The molecule has 142 valence electrons. The number of carbonyl (C=O) groups is 2. The van der Waals surface area contributed by atoms with Crippen LogP contribution in [-0.4, -0.2) is 42.8 Å². The van der Waals surface area contributed by atoms with Crippen molar-refractivity contribution in [2.24, 2.45) is 5.92 Å². The van der Waals surface area contributed by atoms with E-state index in [-0.39, 0.29) is 35.4 Å². The van der Waals surface area contributed by atoms with Gasteiger partial charge in [-0.05, 0) is 37.1 Å². The zero-order valence-electron chi connectivity index (χ0n) is 14.5. The van der Waals surface area contributed by atoms with Crippen molar-refractivity contribution < 1.29 is 23.1 Å². The molecule has 0 atom stereocenters. The van der Waals surface area contributed by atoms with Crippen molar-refractivity contribution in [1.82, 2.24) is 4.31 Å². The van der Waals surface area contributed by atoms with Gasteiger partial charge in [0.2, 0.25) is 15.9 Å². The molecule has 3 rings (SSSR count). The molecule has 1 heterocycles. The number of carboxylic acids is 1. The third-order valence-corrected chi connectivity index (χ3v) is 6.56. The minimum absolute atomic E-state index is 0.135. The minimum Gasteiger partial charge on any atom is -0.478 e. The summed E-state index contributed by atoms with van der Waals surface area (Å²) >= 11 is 0. The number of anilines is 1. The third kappa shape index (κ3) is 4.17. The van der Waals surface area contributed by atoms with Crippen molar-refractivity contribution in [2.45, 2.75) is 17.7 Å². The highest BCUT2D eigenvalue weighted by atomic mass is 32.2. The van der Waals surface area contributed by atoms with Crippen LogP contribution < -0.4 is 5.32 Å². The van der Waals surface area contributed by atoms with Gasteiger partial charge in [-0.25, -0.2) is 13.2 Å². The Hall–Kier alpha value is -2.71. The maximum Gasteiger partial charge on any atom is 0.337 e. The summed E-state index contributed by atoms with van der Waals surface area (Å²) in [6, 6.07) is 14.6. The quantitative estimate of drug-likeness (QED) is 0.819. The van der Waals surface area contributed by atoms with Crippen LogP contribution >= 0.6 is 0 Å². The summed E-state index contributed by atoms with van der Waals surface area (Å²) in [5, 5.41) is 12.1. The summed E-state index contributed by atoms with van der Waals surface area (Å²) in [6.45, 7) is 0.340. The smallest absolute Gasteiger partial charge is 0.337 e. The first-order valence-corrected chi connectivity index (χ1v) is 10.0. The van der Waals surface area contributed by atoms with Gasteiger partial charge in [0.1, 0.15) is 0 Å². The van der Waals surface area contributed by atoms with Crippen LogP contribution in [0.1, 0.15) is 23.2 Å². The Balaban J connectivity index is 1.68. The predicted molar refractivity (Wildman–Crippen MR) is 100.0 cm³/mol. The molecule has 1 amide bonds. The normalized spacial score (nSPS) is 16.0. The maximum absolute atomic E-state index is 12.8. The van der Waals surface area contributed by atoms with E-state index in [9.17, 15) is 23.1 Å². The lowest BCUT2D eigenvalue weighted by Gasteiger charge is -2.30. The molecule has 0 saturated carbocycles. The largest absolute Gasteiger partial charge is 0.478 e. The Morgan fingerprint density at radius 3 is 2.19 bits per heavy atom. The first kappa shape index (κ1) is 19.1. The number of hydrogen-bond donors (Lipinski definition) is 2. The number of nitrogens with one attached hydrogen (secondary N) is 1. The maximum atomic E-state index is 12.8. The van der Waals surface area contributed by atoms with Crippen molar-refractivity contribution in [2.75, 3.05) is 18.4 Å². The SMILES string of the molecule is O=C(O)c1ccccc1S(=O)(=O)N1CCC(C(=O)Nc2ccccc2)CC1. The number of rotatable bonds is 5. The molecule has 0 unspecified atom stereocenters. The lowest BCUT2D eigenvalue weighted by atomic mass is 9.97. The van der Waals surface area contributed by atoms with Gasteiger partial charge in [0.25, 0.3) is 0 Å². The van der Waals surface area contributed by atoms with Crippen LogP contribution in [0.5, 0.6) is 0 Å². The molecule has 1 aliphatic rings. The van der Waals surface area contributed by atoms with E-state index in [1.54, 1.807) is 12.1 Å². The summed E-state index contributed by atoms with van der Waals surface area (Å²) < 4.78 is 26.9. The molecule has 1 aliphatic heterocycles. The average molecular weight is 388 g/mol. The average Bonchev–Trinajstić information content (AvgIpc) is 2.69. The predicted octanol–water partition coefficient (Wildman–Crippen LogP) is 2.42. The number of para-hydroxylation sites is 1. The van der Waals surface area contributed by atoms with Crippen LogP contribution in [0, 0.1) is 5.92 Å². The molecule has 7 nitrogen and oxygen atoms in total. The Morgan fingerprint density at radius 1 is 0.963 bits per heavy atom. The van der Waals surface area contributed by atoms with Gasteiger partial charge in [0, 0.05) is 24.7 Å². The van der Waals surface area contributed by atoms with Gasteiger partial charge in [0.15, 0.2) is 0 Å². The van der Waals surface area contributed by atoms with E-state index in [2.05, 4.69) is 5.32 Å². The van der Waals surface area contributed by atoms with Crippen molar-refractivity contribution in [3.63, 3.8) is 0 Å². The number of carbonyl (C=O) groups excluding carboxylic acids is 1. The third-order valence-electron chi connectivity index (χ3n) is 4.60. The van der Waals surface area contributed by atoms with Gasteiger partial charge in [-0.3, -0.25) is 4.79 Å². The summed E-state index contributed by atoms with van der Waals surface area (Å²) in [5.74, 6) is -1.71. The molecule has 2 N–H and O–H groups in total. The van der Waals surface area contributed by atoms with E-state index in [4.69, 9.17) is 0 Å². The molecule has 0 bridgehead atoms. The second-order valence-electron chi connectivity index (χ2n) is 6.33. The Kier molecular flexibility index (Phi) is 5.57. The molecule has 0 radical (unpaired) electrons. The lowest BCUT2D eigenvalue weighted by molar-refractivity contribution is -0.120. The van der Waals surface area contributed by atoms with E-state index in [1.165, 1.54) is 28.6 Å². The Morgan fingerprint density at radius 2 is 1.56 bits per heavy atom. The molecule has 27 heavy (non-hydrogen) atoms. The van der Waals surface area contributed by atoms with Gasteiger partial charge in [-0.1, -0.05) is 30.3 Å². The molecule has 0 aliphatic carbocycles. The summed E-state index contributed by atoms with van der Waals surface area (Å²) in [7, 11) is -3.92. The van der Waals surface area contributed by atoms with Crippen molar-refractivity contribution >= 4 is 27.6 Å². The standard InChI is InChI=1S/C19H20N2O5S/c22-18(20-15-6-2-1-3-7-15)14-10-12-21(13-11-14)27(25,26)17-9-5-4-8-16(17)19(23)24/h1-9,14H,10-13H2,(H,20,22)(H,23,24). The van der Waals surface area contributed by atoms with E-state index < -0.39 is 16.0 Å². The van der Waals surface area contributed by atoms with E-state index in [1.807, 2.05) is 18.2 Å². The molecule has 0 aromatic heterocycles. The first-order valence-electron chi connectivity index (χ1n) is 8.58. The molecule has 2 aromatic carbocycles. The monoisotopic (exact) mass is 388 g/mol. The van der Waals surface area contributed by atoms with Gasteiger partial charge >= 0.3 is 5.97 Å². The fraction of sp³-hybridized carbons (Fsp3) is 0.263. The zero-order valence-corrected chi connectivity index (χ0v) is 15.4. The van der Waals surface area contributed by atoms with Crippen molar-refractivity contribution in [1.29, 1.82) is 0 Å². The van der Waals surface area contributed by atoms with Crippen LogP contribution in [0.2, 0.25) is 0 Å². The number of hydrogen-bond acceptors (Lipinski definition) is 4. The minimum atomic E-state index is -3.92. The molecule has 0 spiro atoms. The van der Waals surface area contributed by atoms with Crippen LogP contribution in [0.4, 0.5) is 5.69 Å². The molecule has 8 heteroatoms. The summed E-state index contributed by atoms with van der Waals surface area (Å²) in [5.41, 5.74) is 0.453. The van der Waals surface area contributed by atoms with Crippen molar-refractivity contribution in [3.05, 3.63) is 60.2 Å². The number of nitrogens with zero attached hydrogens (tertiary/aromatic N) is 1. The van der Waals surface area contributed by atoms with Gasteiger partial charge in [-0.15, -0.1) is 0 Å². The number of aromatic carboxylic acids is 1. The number of piperidine rings is 1. The van der Waals surface area contributed by atoms with E-state index in [0.29, 0.717) is 18.5 Å². The Bertz CT molecular complexity index is 936. The molecule has 1 saturated heterocycles. The number of carboxylic acid groups (broad SMARTS) is 1. The summed E-state index contributed by atoms with van der Waals surface area (Å²) in [4.78, 5) is 23.5. The van der Waals surface area contributed by atoms with Crippen molar-refractivity contribution in [3.8, 4) is 0 Å².